The number of anilines is 1. The van der Waals surface area contributed by atoms with Gasteiger partial charge in [0.05, 0.1) is 23.9 Å². The summed E-state index contributed by atoms with van der Waals surface area (Å²) >= 11 is 0. The lowest BCUT2D eigenvalue weighted by atomic mass is 10.1. The molecule has 0 aliphatic rings. The Bertz CT molecular complexity index is 1120. The first-order valence-electron chi connectivity index (χ1n) is 8.62. The maximum atomic E-state index is 14.6. The molecule has 0 radical (unpaired) electrons. The van der Waals surface area contributed by atoms with E-state index in [9.17, 15) is 14.0 Å². The molecular formula is C21H19FN4O3. The van der Waals surface area contributed by atoms with E-state index in [0.717, 1.165) is 5.56 Å². The maximum Gasteiger partial charge on any atom is 0.252 e. The van der Waals surface area contributed by atoms with Crippen LogP contribution in [0.2, 0.25) is 0 Å². The van der Waals surface area contributed by atoms with E-state index < -0.39 is 11.9 Å². The molecule has 3 rings (SSSR count). The van der Waals surface area contributed by atoms with Crippen molar-refractivity contribution in [3.8, 4) is 22.6 Å². The van der Waals surface area contributed by atoms with Gasteiger partial charge in [0.2, 0.25) is 11.9 Å². The van der Waals surface area contributed by atoms with Gasteiger partial charge in [-0.05, 0) is 48.4 Å². The van der Waals surface area contributed by atoms with Crippen LogP contribution in [-0.4, -0.2) is 28.7 Å². The number of hydrogen-bond acceptors (Lipinski definition) is 4. The molecular weight excluding hydrogens is 375 g/mol. The van der Waals surface area contributed by atoms with Crippen molar-refractivity contribution in [2.45, 2.75) is 6.92 Å². The molecule has 2 amide bonds. The predicted molar refractivity (Wildman–Crippen MR) is 108 cm³/mol. The molecule has 3 N–H and O–H groups in total. The van der Waals surface area contributed by atoms with Crippen LogP contribution in [0.1, 0.15) is 15.9 Å². The van der Waals surface area contributed by atoms with Gasteiger partial charge in [0.25, 0.3) is 5.91 Å². The molecule has 0 bridgehead atoms. The Balaban J connectivity index is 2.01. The summed E-state index contributed by atoms with van der Waals surface area (Å²) in [4.78, 5) is 23.1. The molecule has 29 heavy (non-hydrogen) atoms. The lowest BCUT2D eigenvalue weighted by molar-refractivity contribution is -0.111. The molecule has 0 spiro atoms. The van der Waals surface area contributed by atoms with Crippen LogP contribution in [0.15, 0.2) is 55.3 Å². The summed E-state index contributed by atoms with van der Waals surface area (Å²) in [6.45, 7) is 5.27. The standard InChI is InChI=1S/C21H19FN4O3/c1-4-19(27)24-17-10-14(7-5-12(17)2)26-11-16(20(22)25-26)13-6-8-15(21(23)28)18(9-13)29-3/h4-11H,1H2,2-3H3,(H2,23,28)(H,24,27). The minimum atomic E-state index is -0.698. The van der Waals surface area contributed by atoms with Crippen molar-refractivity contribution in [2.75, 3.05) is 12.4 Å². The highest BCUT2D eigenvalue weighted by atomic mass is 19.1. The summed E-state index contributed by atoms with van der Waals surface area (Å²) in [6, 6.07) is 9.79. The second kappa shape index (κ2) is 7.97. The molecule has 7 nitrogen and oxygen atoms in total. The van der Waals surface area contributed by atoms with Crippen molar-refractivity contribution >= 4 is 17.5 Å². The number of nitrogens with two attached hydrogens (primary N) is 1. The SMILES string of the molecule is C=CC(=O)Nc1cc(-n2cc(-c3ccc(C(N)=O)c(OC)c3)c(F)n2)ccc1C. The number of nitrogens with one attached hydrogen (secondary N) is 1. The Kier molecular flexibility index (Phi) is 5.45. The Morgan fingerprint density at radius 2 is 2.03 bits per heavy atom. The van der Waals surface area contributed by atoms with Crippen molar-refractivity contribution in [1.29, 1.82) is 0 Å². The van der Waals surface area contributed by atoms with Gasteiger partial charge in [-0.15, -0.1) is 5.10 Å². The summed E-state index contributed by atoms with van der Waals surface area (Å²) in [5, 5.41) is 6.63. The van der Waals surface area contributed by atoms with Gasteiger partial charge in [0.15, 0.2) is 0 Å². The normalized spacial score (nSPS) is 10.4. The fourth-order valence-electron chi connectivity index (χ4n) is 2.81. The zero-order valence-corrected chi connectivity index (χ0v) is 15.9. The molecule has 0 atom stereocenters. The van der Waals surface area contributed by atoms with Crippen LogP contribution in [0.25, 0.3) is 16.8 Å². The van der Waals surface area contributed by atoms with Crippen LogP contribution in [0, 0.1) is 12.9 Å². The number of nitrogens with zero attached hydrogens (tertiary/aromatic N) is 2. The Morgan fingerprint density at radius 1 is 1.28 bits per heavy atom. The first-order chi connectivity index (χ1) is 13.8. The lowest BCUT2D eigenvalue weighted by Gasteiger charge is -2.09. The van der Waals surface area contributed by atoms with Gasteiger partial charge in [0.1, 0.15) is 5.75 Å². The fourth-order valence-corrected chi connectivity index (χ4v) is 2.81. The van der Waals surface area contributed by atoms with Gasteiger partial charge in [-0.2, -0.15) is 4.39 Å². The van der Waals surface area contributed by atoms with E-state index in [1.807, 2.05) is 6.92 Å². The molecule has 1 heterocycles. The van der Waals surface area contributed by atoms with Crippen LogP contribution >= 0.6 is 0 Å². The van der Waals surface area contributed by atoms with Gasteiger partial charge in [0, 0.05) is 11.9 Å². The number of aryl methyl sites for hydroxylation is 1. The Morgan fingerprint density at radius 3 is 2.69 bits per heavy atom. The molecule has 148 valence electrons. The zero-order chi connectivity index (χ0) is 21.1. The van der Waals surface area contributed by atoms with Crippen LogP contribution in [0.3, 0.4) is 0 Å². The topological polar surface area (TPSA) is 99.2 Å². The quantitative estimate of drug-likeness (QED) is 0.627. The van der Waals surface area contributed by atoms with Gasteiger partial charge in [-0.25, -0.2) is 4.68 Å². The molecule has 0 fully saturated rings. The molecule has 8 heteroatoms. The number of benzene rings is 2. The number of carbonyl (C=O) groups excluding carboxylic acids is 2. The van der Waals surface area contributed by atoms with E-state index in [1.165, 1.54) is 36.2 Å². The second-order valence-electron chi connectivity index (χ2n) is 6.25. The highest BCUT2D eigenvalue weighted by Crippen LogP contribution is 2.30. The average Bonchev–Trinajstić information content (AvgIpc) is 3.10. The molecule has 3 aromatic rings. The maximum absolute atomic E-state index is 14.6. The summed E-state index contributed by atoms with van der Waals surface area (Å²) < 4.78 is 21.1. The van der Waals surface area contributed by atoms with E-state index in [0.29, 0.717) is 16.9 Å². The number of methoxy groups -OCH3 is 1. The summed E-state index contributed by atoms with van der Waals surface area (Å²) in [6.07, 6.45) is 2.68. The van der Waals surface area contributed by atoms with E-state index in [4.69, 9.17) is 10.5 Å². The predicted octanol–water partition coefficient (Wildman–Crippen LogP) is 3.22. The Labute approximate surface area is 166 Å². The average molecular weight is 394 g/mol. The minimum Gasteiger partial charge on any atom is -0.496 e. The van der Waals surface area contributed by atoms with Crippen LogP contribution < -0.4 is 15.8 Å². The molecule has 0 saturated carbocycles. The van der Waals surface area contributed by atoms with Crippen LogP contribution in [-0.2, 0) is 4.79 Å². The van der Waals surface area contributed by atoms with Crippen molar-refractivity contribution in [3.05, 3.63) is 72.3 Å². The zero-order valence-electron chi connectivity index (χ0n) is 15.9. The molecule has 2 aromatic carbocycles. The van der Waals surface area contributed by atoms with Gasteiger partial charge < -0.3 is 15.8 Å². The Hall–Kier alpha value is -3.94. The first kappa shape index (κ1) is 19.8. The van der Waals surface area contributed by atoms with Crippen LogP contribution in [0.4, 0.5) is 10.1 Å². The summed E-state index contributed by atoms with van der Waals surface area (Å²) in [7, 11) is 1.40. The number of amides is 2. The number of rotatable bonds is 6. The van der Waals surface area contributed by atoms with E-state index >= 15 is 0 Å². The van der Waals surface area contributed by atoms with Crippen molar-refractivity contribution in [2.24, 2.45) is 5.73 Å². The van der Waals surface area contributed by atoms with E-state index in [2.05, 4.69) is 17.0 Å². The number of halogens is 1. The summed E-state index contributed by atoms with van der Waals surface area (Å²) in [5.74, 6) is -1.44. The third-order valence-electron chi connectivity index (χ3n) is 4.38. The van der Waals surface area contributed by atoms with Crippen molar-refractivity contribution in [3.63, 3.8) is 0 Å². The number of primary amides is 1. The van der Waals surface area contributed by atoms with Crippen LogP contribution in [0.5, 0.6) is 5.75 Å². The summed E-state index contributed by atoms with van der Waals surface area (Å²) in [5.41, 5.74) is 8.17. The molecule has 0 unspecified atom stereocenters. The van der Waals surface area contributed by atoms with E-state index in [1.54, 1.807) is 24.3 Å². The number of aromatic nitrogens is 2. The molecule has 0 aliphatic heterocycles. The highest BCUT2D eigenvalue weighted by Gasteiger charge is 2.16. The number of carbonyl (C=O) groups is 2. The van der Waals surface area contributed by atoms with Gasteiger partial charge >= 0.3 is 0 Å². The fraction of sp³-hybridized carbons (Fsp3) is 0.0952. The number of hydrogen-bond donors (Lipinski definition) is 2. The third-order valence-corrected chi connectivity index (χ3v) is 4.38. The highest BCUT2D eigenvalue weighted by molar-refractivity contribution is 5.99. The first-order valence-corrected chi connectivity index (χ1v) is 8.62. The molecule has 0 saturated heterocycles. The monoisotopic (exact) mass is 394 g/mol. The third kappa shape index (κ3) is 4.01. The van der Waals surface area contributed by atoms with Crippen molar-refractivity contribution in [1.82, 2.24) is 9.78 Å². The van der Waals surface area contributed by atoms with E-state index in [-0.39, 0.29) is 22.8 Å². The molecule has 0 aliphatic carbocycles. The molecule has 1 aromatic heterocycles. The van der Waals surface area contributed by atoms with Gasteiger partial charge in [-0.3, -0.25) is 9.59 Å². The number of ether oxygens (including phenoxy) is 1. The largest absolute Gasteiger partial charge is 0.496 e. The lowest BCUT2D eigenvalue weighted by Crippen LogP contribution is -2.12. The second-order valence-corrected chi connectivity index (χ2v) is 6.25. The van der Waals surface area contributed by atoms with Gasteiger partial charge in [-0.1, -0.05) is 18.7 Å². The minimum absolute atomic E-state index is 0.199. The van der Waals surface area contributed by atoms with Crippen molar-refractivity contribution < 1.29 is 18.7 Å². The smallest absolute Gasteiger partial charge is 0.252 e.